The number of hydrogen-bond donors (Lipinski definition) is 1. The molecule has 11 heavy (non-hydrogen) atoms. The second-order valence-corrected chi connectivity index (χ2v) is 3.58. The third-order valence-electron chi connectivity index (χ3n) is 2.39. The van der Waals surface area contributed by atoms with Gasteiger partial charge >= 0.3 is 0 Å². The topological polar surface area (TPSA) is 32.7 Å². The molecule has 2 heterocycles. The first-order chi connectivity index (χ1) is 5.11. The van der Waals surface area contributed by atoms with E-state index >= 15 is 0 Å². The standard InChI is InChI=1S/C8H13NO2/c1-8(2)9-6(5-11-8)3-4-7(9)10/h4,6,10H,3,5H2,1-2H3. The molecule has 1 N–H and O–H groups in total. The van der Waals surface area contributed by atoms with Gasteiger partial charge in [-0.25, -0.2) is 0 Å². The monoisotopic (exact) mass is 155 g/mol. The third kappa shape index (κ3) is 0.839. The summed E-state index contributed by atoms with van der Waals surface area (Å²) in [5.74, 6) is 0.373. The van der Waals surface area contributed by atoms with Crippen LogP contribution in [0.4, 0.5) is 0 Å². The SMILES string of the molecule is CC1(C)OCC2CC=C(O)N21. The zero-order chi connectivity index (χ0) is 8.06. The van der Waals surface area contributed by atoms with Gasteiger partial charge in [0, 0.05) is 0 Å². The van der Waals surface area contributed by atoms with Crippen LogP contribution in [0.15, 0.2) is 12.0 Å². The van der Waals surface area contributed by atoms with E-state index in [1.165, 1.54) is 0 Å². The van der Waals surface area contributed by atoms with Crippen LogP contribution in [0.1, 0.15) is 20.3 Å². The zero-order valence-electron chi connectivity index (χ0n) is 6.87. The fourth-order valence-electron chi connectivity index (χ4n) is 1.86. The van der Waals surface area contributed by atoms with Gasteiger partial charge in [0.15, 0.2) is 5.88 Å². The highest BCUT2D eigenvalue weighted by atomic mass is 16.5. The van der Waals surface area contributed by atoms with Gasteiger partial charge in [-0.2, -0.15) is 0 Å². The molecule has 0 radical (unpaired) electrons. The van der Waals surface area contributed by atoms with Crippen molar-refractivity contribution < 1.29 is 9.84 Å². The van der Waals surface area contributed by atoms with Gasteiger partial charge in [0.2, 0.25) is 0 Å². The number of aliphatic hydroxyl groups is 1. The summed E-state index contributed by atoms with van der Waals surface area (Å²) >= 11 is 0. The summed E-state index contributed by atoms with van der Waals surface area (Å²) in [6, 6.07) is 0.366. The van der Waals surface area contributed by atoms with Crippen LogP contribution in [0.2, 0.25) is 0 Å². The van der Waals surface area contributed by atoms with E-state index in [-0.39, 0.29) is 5.72 Å². The van der Waals surface area contributed by atoms with Crippen molar-refractivity contribution in [3.63, 3.8) is 0 Å². The maximum Gasteiger partial charge on any atom is 0.185 e. The molecule has 2 rings (SSSR count). The first-order valence-electron chi connectivity index (χ1n) is 3.94. The van der Waals surface area contributed by atoms with Crippen molar-refractivity contribution in [2.45, 2.75) is 32.0 Å². The van der Waals surface area contributed by atoms with Crippen LogP contribution in [-0.2, 0) is 4.74 Å². The molecule has 1 saturated heterocycles. The van der Waals surface area contributed by atoms with Gasteiger partial charge in [-0.15, -0.1) is 0 Å². The smallest absolute Gasteiger partial charge is 0.185 e. The van der Waals surface area contributed by atoms with Gasteiger partial charge in [0.1, 0.15) is 5.72 Å². The second-order valence-electron chi connectivity index (χ2n) is 3.58. The average Bonchev–Trinajstić information content (AvgIpc) is 2.38. The van der Waals surface area contributed by atoms with E-state index in [2.05, 4.69) is 0 Å². The minimum absolute atomic E-state index is 0.318. The van der Waals surface area contributed by atoms with Crippen molar-refractivity contribution in [2.75, 3.05) is 6.61 Å². The maximum absolute atomic E-state index is 9.44. The molecular weight excluding hydrogens is 142 g/mol. The van der Waals surface area contributed by atoms with Crippen molar-refractivity contribution in [3.8, 4) is 0 Å². The van der Waals surface area contributed by atoms with Crippen LogP contribution >= 0.6 is 0 Å². The predicted octanol–water partition coefficient (Wildman–Crippen LogP) is 1.23. The van der Waals surface area contributed by atoms with E-state index in [1.54, 1.807) is 0 Å². The lowest BCUT2D eigenvalue weighted by molar-refractivity contribution is -0.0523. The molecule has 0 amide bonds. The molecule has 0 aromatic carbocycles. The zero-order valence-corrected chi connectivity index (χ0v) is 6.87. The molecule has 0 bridgehead atoms. The molecule has 1 atom stereocenters. The molecule has 2 aliphatic heterocycles. The van der Waals surface area contributed by atoms with Crippen molar-refractivity contribution in [3.05, 3.63) is 12.0 Å². The Hall–Kier alpha value is -0.700. The molecule has 3 nitrogen and oxygen atoms in total. The number of fused-ring (bicyclic) bond motifs is 1. The van der Waals surface area contributed by atoms with E-state index in [0.29, 0.717) is 11.9 Å². The van der Waals surface area contributed by atoms with Crippen LogP contribution in [0.25, 0.3) is 0 Å². The van der Waals surface area contributed by atoms with Crippen molar-refractivity contribution in [1.82, 2.24) is 4.90 Å². The van der Waals surface area contributed by atoms with E-state index in [1.807, 2.05) is 24.8 Å². The summed E-state index contributed by atoms with van der Waals surface area (Å²) in [7, 11) is 0. The third-order valence-corrected chi connectivity index (χ3v) is 2.39. The number of nitrogens with zero attached hydrogens (tertiary/aromatic N) is 1. The predicted molar refractivity (Wildman–Crippen MR) is 41.0 cm³/mol. The van der Waals surface area contributed by atoms with Gasteiger partial charge in [-0.3, -0.25) is 0 Å². The Morgan fingerprint density at radius 2 is 2.45 bits per heavy atom. The Bertz CT molecular complexity index is 210. The Morgan fingerprint density at radius 1 is 1.73 bits per heavy atom. The highest BCUT2D eigenvalue weighted by Crippen LogP contribution is 2.35. The van der Waals surface area contributed by atoms with Gasteiger partial charge in [0.05, 0.1) is 12.6 Å². The van der Waals surface area contributed by atoms with Gasteiger partial charge in [0.25, 0.3) is 0 Å². The first-order valence-corrected chi connectivity index (χ1v) is 3.94. The number of hydrogen-bond acceptors (Lipinski definition) is 3. The van der Waals surface area contributed by atoms with E-state index < -0.39 is 0 Å². The first kappa shape index (κ1) is 6.98. The Labute approximate surface area is 66.3 Å². The summed E-state index contributed by atoms with van der Waals surface area (Å²) in [5.41, 5.74) is -0.318. The summed E-state index contributed by atoms with van der Waals surface area (Å²) in [5, 5.41) is 9.44. The molecule has 62 valence electrons. The fraction of sp³-hybridized carbons (Fsp3) is 0.750. The van der Waals surface area contributed by atoms with Crippen LogP contribution in [0.3, 0.4) is 0 Å². The molecule has 1 unspecified atom stereocenters. The lowest BCUT2D eigenvalue weighted by Gasteiger charge is -2.30. The van der Waals surface area contributed by atoms with Gasteiger partial charge in [-0.05, 0) is 26.3 Å². The molecule has 0 aromatic heterocycles. The largest absolute Gasteiger partial charge is 0.495 e. The van der Waals surface area contributed by atoms with Crippen LogP contribution in [-0.4, -0.2) is 28.4 Å². The van der Waals surface area contributed by atoms with Gasteiger partial charge in [-0.1, -0.05) is 0 Å². The average molecular weight is 155 g/mol. The van der Waals surface area contributed by atoms with E-state index in [0.717, 1.165) is 13.0 Å². The molecule has 0 saturated carbocycles. The minimum atomic E-state index is -0.318. The van der Waals surface area contributed by atoms with Gasteiger partial charge < -0.3 is 14.7 Å². The Morgan fingerprint density at radius 3 is 3.09 bits per heavy atom. The quantitative estimate of drug-likeness (QED) is 0.571. The number of aliphatic hydroxyl groups excluding tert-OH is 1. The van der Waals surface area contributed by atoms with E-state index in [4.69, 9.17) is 4.74 Å². The summed E-state index contributed by atoms with van der Waals surface area (Å²) in [6.07, 6.45) is 2.77. The molecular formula is C8H13NO2. The summed E-state index contributed by atoms with van der Waals surface area (Å²) in [4.78, 5) is 1.94. The molecule has 0 aliphatic carbocycles. The molecule has 1 fully saturated rings. The maximum atomic E-state index is 9.44. The van der Waals surface area contributed by atoms with Crippen molar-refractivity contribution in [2.24, 2.45) is 0 Å². The summed E-state index contributed by atoms with van der Waals surface area (Å²) < 4.78 is 5.50. The van der Waals surface area contributed by atoms with Crippen molar-refractivity contribution in [1.29, 1.82) is 0 Å². The highest BCUT2D eigenvalue weighted by Gasteiger charge is 2.44. The van der Waals surface area contributed by atoms with Crippen LogP contribution in [0.5, 0.6) is 0 Å². The minimum Gasteiger partial charge on any atom is -0.495 e. The van der Waals surface area contributed by atoms with Crippen molar-refractivity contribution >= 4 is 0 Å². The lowest BCUT2D eigenvalue weighted by atomic mass is 10.2. The molecule has 2 aliphatic rings. The molecule has 3 heteroatoms. The second kappa shape index (κ2) is 1.91. The molecule has 0 spiro atoms. The Kier molecular flexibility index (Phi) is 1.21. The Balaban J connectivity index is 2.28. The highest BCUT2D eigenvalue weighted by molar-refractivity contribution is 5.09. The fourth-order valence-corrected chi connectivity index (χ4v) is 1.86. The van der Waals surface area contributed by atoms with Crippen LogP contribution < -0.4 is 0 Å². The lowest BCUT2D eigenvalue weighted by Crippen LogP contribution is -2.40. The molecule has 0 aromatic rings. The van der Waals surface area contributed by atoms with E-state index in [9.17, 15) is 5.11 Å². The summed E-state index contributed by atoms with van der Waals surface area (Å²) in [6.45, 7) is 4.68. The van der Waals surface area contributed by atoms with Crippen LogP contribution in [0, 0.1) is 0 Å². The number of rotatable bonds is 0. The number of ether oxygens (including phenoxy) is 1. The normalized spacial score (nSPS) is 33.8.